The number of carbonyl (C=O) groups excluding carboxylic acids is 1. The number of aliphatic carboxylic acids is 1. The average molecular weight is 442 g/mol. The second-order valence-electron chi connectivity index (χ2n) is 6.27. The van der Waals surface area contributed by atoms with Gasteiger partial charge in [-0.3, -0.25) is 9.78 Å². The molecule has 0 bridgehead atoms. The lowest BCUT2D eigenvalue weighted by molar-refractivity contribution is -0.192. The third kappa shape index (κ3) is 6.57. The number of aromatic nitrogens is 4. The SMILES string of the molecule is CCN(C)c1ccnc(C2COCCN2C(=O)c2cnccn2)n1.O=C(O)C(F)(F)F. The van der Waals surface area contributed by atoms with Crippen LogP contribution in [0.5, 0.6) is 0 Å². The molecule has 0 aromatic carbocycles. The number of carbonyl (C=O) groups is 2. The van der Waals surface area contributed by atoms with Crippen LogP contribution >= 0.6 is 0 Å². The van der Waals surface area contributed by atoms with Gasteiger partial charge in [-0.2, -0.15) is 13.2 Å². The van der Waals surface area contributed by atoms with E-state index in [0.717, 1.165) is 12.4 Å². The summed E-state index contributed by atoms with van der Waals surface area (Å²) in [6, 6.07) is 1.52. The van der Waals surface area contributed by atoms with E-state index in [-0.39, 0.29) is 11.9 Å². The Morgan fingerprint density at radius 3 is 2.58 bits per heavy atom. The molecule has 13 heteroatoms. The van der Waals surface area contributed by atoms with Gasteiger partial charge in [0.2, 0.25) is 0 Å². The maximum Gasteiger partial charge on any atom is 0.490 e. The largest absolute Gasteiger partial charge is 0.490 e. The number of morpholine rings is 1. The molecule has 0 aliphatic carbocycles. The Morgan fingerprint density at radius 1 is 1.29 bits per heavy atom. The van der Waals surface area contributed by atoms with E-state index >= 15 is 0 Å². The molecule has 1 amide bonds. The van der Waals surface area contributed by atoms with Crippen LogP contribution in [0.1, 0.15) is 29.3 Å². The average Bonchev–Trinajstić information content (AvgIpc) is 2.78. The molecule has 31 heavy (non-hydrogen) atoms. The molecule has 2 aromatic rings. The summed E-state index contributed by atoms with van der Waals surface area (Å²) in [6.45, 7) is 4.20. The van der Waals surface area contributed by atoms with Crippen LogP contribution in [0.15, 0.2) is 30.9 Å². The molecule has 1 unspecified atom stereocenters. The van der Waals surface area contributed by atoms with Crippen molar-refractivity contribution in [2.75, 3.05) is 38.3 Å². The standard InChI is InChI=1S/C16H20N6O2.C2HF3O2/c1-3-21(2)14-4-5-19-15(20-14)13-11-24-9-8-22(13)16(23)12-10-17-6-7-18-12;3-2(4,5)1(6)7/h4-7,10,13H,3,8-9,11H2,1-2H3;(H,6,7). The number of amides is 1. The minimum absolute atomic E-state index is 0.186. The second-order valence-corrected chi connectivity index (χ2v) is 6.27. The first-order chi connectivity index (χ1) is 14.6. The zero-order valence-corrected chi connectivity index (χ0v) is 16.8. The van der Waals surface area contributed by atoms with Crippen molar-refractivity contribution >= 4 is 17.7 Å². The number of rotatable bonds is 4. The van der Waals surface area contributed by atoms with Gasteiger partial charge in [0.1, 0.15) is 17.6 Å². The molecule has 1 aliphatic heterocycles. The van der Waals surface area contributed by atoms with Gasteiger partial charge in [0.15, 0.2) is 5.82 Å². The molecule has 1 fully saturated rings. The van der Waals surface area contributed by atoms with Crippen LogP contribution in [0.25, 0.3) is 0 Å². The summed E-state index contributed by atoms with van der Waals surface area (Å²) in [7, 11) is 1.96. The van der Waals surface area contributed by atoms with Crippen molar-refractivity contribution < 1.29 is 32.6 Å². The van der Waals surface area contributed by atoms with Gasteiger partial charge in [-0.05, 0) is 13.0 Å². The molecular formula is C18H21F3N6O4. The van der Waals surface area contributed by atoms with Gasteiger partial charge >= 0.3 is 12.1 Å². The predicted octanol–water partition coefficient (Wildman–Crippen LogP) is 1.57. The third-order valence-corrected chi connectivity index (χ3v) is 4.24. The molecule has 1 aliphatic rings. The normalized spacial score (nSPS) is 16.2. The maximum absolute atomic E-state index is 12.8. The summed E-state index contributed by atoms with van der Waals surface area (Å²) in [4.78, 5) is 42.4. The van der Waals surface area contributed by atoms with Gasteiger partial charge in [0.25, 0.3) is 5.91 Å². The van der Waals surface area contributed by atoms with Gasteiger partial charge in [0, 0.05) is 38.7 Å². The minimum Gasteiger partial charge on any atom is -0.475 e. The van der Waals surface area contributed by atoms with Crippen molar-refractivity contribution in [3.63, 3.8) is 0 Å². The fourth-order valence-electron chi connectivity index (χ4n) is 2.52. The molecular weight excluding hydrogens is 421 g/mol. The van der Waals surface area contributed by atoms with Crippen molar-refractivity contribution in [1.29, 1.82) is 0 Å². The lowest BCUT2D eigenvalue weighted by Gasteiger charge is -2.34. The summed E-state index contributed by atoms with van der Waals surface area (Å²) in [6.07, 6.45) is 1.15. The zero-order valence-electron chi connectivity index (χ0n) is 16.8. The number of anilines is 1. The molecule has 3 heterocycles. The number of alkyl halides is 3. The van der Waals surface area contributed by atoms with Gasteiger partial charge in [-0.25, -0.2) is 19.7 Å². The summed E-state index contributed by atoms with van der Waals surface area (Å²) in [5, 5.41) is 7.12. The minimum atomic E-state index is -5.08. The molecule has 0 radical (unpaired) electrons. The Hall–Kier alpha value is -3.35. The van der Waals surface area contributed by atoms with Gasteiger partial charge in [-0.1, -0.05) is 0 Å². The Morgan fingerprint density at radius 2 is 2.00 bits per heavy atom. The summed E-state index contributed by atoms with van der Waals surface area (Å²) in [5.41, 5.74) is 0.311. The molecule has 0 saturated carbocycles. The van der Waals surface area contributed by atoms with E-state index in [9.17, 15) is 18.0 Å². The highest BCUT2D eigenvalue weighted by Gasteiger charge is 2.38. The first kappa shape index (κ1) is 23.9. The van der Waals surface area contributed by atoms with Crippen LogP contribution in [-0.4, -0.2) is 81.3 Å². The van der Waals surface area contributed by atoms with E-state index in [4.69, 9.17) is 14.6 Å². The van der Waals surface area contributed by atoms with Gasteiger partial charge < -0.3 is 19.6 Å². The second kappa shape index (κ2) is 10.6. The van der Waals surface area contributed by atoms with E-state index in [1.807, 2.05) is 18.0 Å². The maximum atomic E-state index is 12.8. The highest BCUT2D eigenvalue weighted by molar-refractivity contribution is 5.92. The van der Waals surface area contributed by atoms with E-state index < -0.39 is 12.1 Å². The molecule has 3 rings (SSSR count). The highest BCUT2D eigenvalue weighted by atomic mass is 19.4. The first-order valence-corrected chi connectivity index (χ1v) is 9.14. The molecule has 1 saturated heterocycles. The van der Waals surface area contributed by atoms with Gasteiger partial charge in [-0.15, -0.1) is 0 Å². The Kier molecular flexibility index (Phi) is 8.19. The van der Waals surface area contributed by atoms with Crippen molar-refractivity contribution in [2.24, 2.45) is 0 Å². The van der Waals surface area contributed by atoms with E-state index in [1.54, 1.807) is 17.3 Å². The van der Waals surface area contributed by atoms with E-state index in [0.29, 0.717) is 31.3 Å². The Bertz CT molecular complexity index is 884. The molecule has 10 nitrogen and oxygen atoms in total. The number of carboxylic acids is 1. The van der Waals surface area contributed by atoms with Crippen LogP contribution in [0.3, 0.4) is 0 Å². The summed E-state index contributed by atoms with van der Waals surface area (Å²) >= 11 is 0. The number of hydrogen-bond acceptors (Lipinski definition) is 8. The highest BCUT2D eigenvalue weighted by Crippen LogP contribution is 2.24. The van der Waals surface area contributed by atoms with Crippen LogP contribution < -0.4 is 4.90 Å². The van der Waals surface area contributed by atoms with Crippen LogP contribution in [0, 0.1) is 0 Å². The fraction of sp³-hybridized carbons (Fsp3) is 0.444. The van der Waals surface area contributed by atoms with Crippen molar-refractivity contribution in [3.05, 3.63) is 42.4 Å². The lowest BCUT2D eigenvalue weighted by Crippen LogP contribution is -2.44. The first-order valence-electron chi connectivity index (χ1n) is 9.14. The van der Waals surface area contributed by atoms with Crippen molar-refractivity contribution in [3.8, 4) is 0 Å². The van der Waals surface area contributed by atoms with Crippen molar-refractivity contribution in [1.82, 2.24) is 24.8 Å². The van der Waals surface area contributed by atoms with Crippen LogP contribution in [0.2, 0.25) is 0 Å². The van der Waals surface area contributed by atoms with Crippen LogP contribution in [-0.2, 0) is 9.53 Å². The number of ether oxygens (including phenoxy) is 1. The smallest absolute Gasteiger partial charge is 0.475 e. The summed E-state index contributed by atoms with van der Waals surface area (Å²) < 4.78 is 37.3. The molecule has 1 atom stereocenters. The topological polar surface area (TPSA) is 122 Å². The van der Waals surface area contributed by atoms with Gasteiger partial charge in [0.05, 0.1) is 19.4 Å². The fourth-order valence-corrected chi connectivity index (χ4v) is 2.52. The Labute approximate surface area is 175 Å². The Balaban J connectivity index is 0.000000423. The molecule has 1 N–H and O–H groups in total. The van der Waals surface area contributed by atoms with Crippen molar-refractivity contribution in [2.45, 2.75) is 19.1 Å². The number of carboxylic acid groups (broad SMARTS) is 1. The third-order valence-electron chi connectivity index (χ3n) is 4.24. The monoisotopic (exact) mass is 442 g/mol. The predicted molar refractivity (Wildman–Crippen MR) is 101 cm³/mol. The number of hydrogen-bond donors (Lipinski definition) is 1. The lowest BCUT2D eigenvalue weighted by atomic mass is 10.2. The summed E-state index contributed by atoms with van der Waals surface area (Å²) in [5.74, 6) is -1.55. The molecule has 168 valence electrons. The van der Waals surface area contributed by atoms with E-state index in [1.165, 1.54) is 12.4 Å². The van der Waals surface area contributed by atoms with Crippen LogP contribution in [0.4, 0.5) is 19.0 Å². The zero-order chi connectivity index (χ0) is 23.0. The number of nitrogens with zero attached hydrogens (tertiary/aromatic N) is 6. The number of halogens is 3. The van der Waals surface area contributed by atoms with E-state index in [2.05, 4.69) is 26.9 Å². The quantitative estimate of drug-likeness (QED) is 0.752. The molecule has 0 spiro atoms. The molecule has 2 aromatic heterocycles.